The van der Waals surface area contributed by atoms with Gasteiger partial charge in [-0.1, -0.05) is 48.5 Å². The van der Waals surface area contributed by atoms with E-state index in [-0.39, 0.29) is 0 Å². The van der Waals surface area contributed by atoms with Gasteiger partial charge in [0.25, 0.3) is 0 Å². The molecule has 0 heterocycles. The Morgan fingerprint density at radius 1 is 0.812 bits per heavy atom. The Hall–Kier alpha value is -1.71. The minimum Gasteiger partial charge on any atom is -0.306 e. The first kappa shape index (κ1) is 10.8. The molecule has 0 aliphatic rings. The van der Waals surface area contributed by atoms with Gasteiger partial charge in [-0.15, -0.1) is 0 Å². The highest BCUT2D eigenvalue weighted by Gasteiger charge is 2.26. The molecule has 0 amide bonds. The molecule has 16 heavy (non-hydrogen) atoms. The molecule has 0 aliphatic heterocycles. The first-order chi connectivity index (χ1) is 7.62. The van der Waals surface area contributed by atoms with E-state index in [4.69, 9.17) is 11.5 Å². The summed E-state index contributed by atoms with van der Waals surface area (Å²) in [6.45, 7) is 0. The molecule has 0 aromatic heterocycles. The fourth-order valence-electron chi connectivity index (χ4n) is 1.67. The Morgan fingerprint density at radius 2 is 1.38 bits per heavy atom. The predicted molar refractivity (Wildman–Crippen MR) is 62.0 cm³/mol. The van der Waals surface area contributed by atoms with Crippen molar-refractivity contribution in [3.63, 3.8) is 0 Å². The maximum atomic E-state index is 13.6. The molecule has 2 aromatic carbocycles. The van der Waals surface area contributed by atoms with Gasteiger partial charge >= 0.3 is 0 Å². The Balaban J connectivity index is 2.51. The summed E-state index contributed by atoms with van der Waals surface area (Å²) in [4.78, 5) is 0. The van der Waals surface area contributed by atoms with Crippen LogP contribution in [0.15, 0.2) is 54.6 Å². The van der Waals surface area contributed by atoms with Crippen molar-refractivity contribution < 1.29 is 4.39 Å². The smallest absolute Gasteiger partial charge is 0.129 e. The van der Waals surface area contributed by atoms with E-state index in [0.29, 0.717) is 11.1 Å². The first-order valence-electron chi connectivity index (χ1n) is 5.00. The van der Waals surface area contributed by atoms with Crippen molar-refractivity contribution in [2.24, 2.45) is 11.5 Å². The first-order valence-corrected chi connectivity index (χ1v) is 5.00. The molecule has 0 saturated heterocycles. The normalized spacial score (nSPS) is 11.4. The minimum atomic E-state index is -1.30. The third-order valence-corrected chi connectivity index (χ3v) is 2.57. The topological polar surface area (TPSA) is 52.0 Å². The average Bonchev–Trinajstić information content (AvgIpc) is 2.30. The van der Waals surface area contributed by atoms with Gasteiger partial charge in [-0.2, -0.15) is 0 Å². The highest BCUT2D eigenvalue weighted by molar-refractivity contribution is 5.36. The molecule has 2 aromatic rings. The van der Waals surface area contributed by atoms with Gasteiger partial charge in [0, 0.05) is 5.56 Å². The van der Waals surface area contributed by atoms with Crippen LogP contribution in [0.25, 0.3) is 0 Å². The van der Waals surface area contributed by atoms with Crippen molar-refractivity contribution in [3.8, 4) is 0 Å². The van der Waals surface area contributed by atoms with Gasteiger partial charge in [0.1, 0.15) is 11.5 Å². The minimum absolute atomic E-state index is 0.293. The van der Waals surface area contributed by atoms with Gasteiger partial charge in [0.05, 0.1) is 0 Å². The summed E-state index contributed by atoms with van der Waals surface area (Å²) >= 11 is 0. The summed E-state index contributed by atoms with van der Waals surface area (Å²) in [6.07, 6.45) is 0. The molecule has 0 radical (unpaired) electrons. The largest absolute Gasteiger partial charge is 0.306 e. The SMILES string of the molecule is NC(N)(c1ccccc1)c1ccccc1F. The third kappa shape index (κ3) is 1.83. The summed E-state index contributed by atoms with van der Waals surface area (Å²) in [7, 11) is 0. The lowest BCUT2D eigenvalue weighted by atomic mass is 9.93. The molecule has 0 bridgehead atoms. The van der Waals surface area contributed by atoms with Crippen LogP contribution in [-0.2, 0) is 5.66 Å². The maximum absolute atomic E-state index is 13.6. The van der Waals surface area contributed by atoms with Crippen LogP contribution in [0.2, 0.25) is 0 Å². The monoisotopic (exact) mass is 216 g/mol. The van der Waals surface area contributed by atoms with Gasteiger partial charge < -0.3 is 11.5 Å². The van der Waals surface area contributed by atoms with Crippen LogP contribution >= 0.6 is 0 Å². The van der Waals surface area contributed by atoms with Crippen molar-refractivity contribution >= 4 is 0 Å². The Morgan fingerprint density at radius 3 is 2.00 bits per heavy atom. The molecule has 0 atom stereocenters. The lowest BCUT2D eigenvalue weighted by molar-refractivity contribution is 0.511. The van der Waals surface area contributed by atoms with Crippen molar-refractivity contribution in [3.05, 3.63) is 71.5 Å². The summed E-state index contributed by atoms with van der Waals surface area (Å²) < 4.78 is 13.6. The zero-order valence-corrected chi connectivity index (χ0v) is 8.73. The van der Waals surface area contributed by atoms with E-state index in [1.54, 1.807) is 30.3 Å². The van der Waals surface area contributed by atoms with Gasteiger partial charge in [-0.05, 0) is 11.6 Å². The third-order valence-electron chi connectivity index (χ3n) is 2.57. The number of hydrogen-bond acceptors (Lipinski definition) is 2. The van der Waals surface area contributed by atoms with Gasteiger partial charge in [-0.3, -0.25) is 0 Å². The molecule has 0 unspecified atom stereocenters. The highest BCUT2D eigenvalue weighted by Crippen LogP contribution is 2.23. The van der Waals surface area contributed by atoms with Gasteiger partial charge in [-0.25, -0.2) is 4.39 Å². The molecular weight excluding hydrogens is 203 g/mol. The van der Waals surface area contributed by atoms with Gasteiger partial charge in [0.15, 0.2) is 0 Å². The van der Waals surface area contributed by atoms with E-state index in [9.17, 15) is 4.39 Å². The van der Waals surface area contributed by atoms with E-state index in [2.05, 4.69) is 0 Å². The summed E-state index contributed by atoms with van der Waals surface area (Å²) in [6, 6.07) is 15.4. The number of benzene rings is 2. The van der Waals surface area contributed by atoms with E-state index < -0.39 is 11.5 Å². The second-order valence-corrected chi connectivity index (χ2v) is 3.71. The highest BCUT2D eigenvalue weighted by atomic mass is 19.1. The Bertz CT molecular complexity index is 480. The second kappa shape index (κ2) is 4.04. The Kier molecular flexibility index (Phi) is 2.73. The number of nitrogens with two attached hydrogens (primary N) is 2. The zero-order chi connectivity index (χ0) is 11.6. The molecule has 4 N–H and O–H groups in total. The van der Waals surface area contributed by atoms with E-state index in [0.717, 1.165) is 0 Å². The number of halogens is 1. The molecule has 0 aliphatic carbocycles. The van der Waals surface area contributed by atoms with Crippen LogP contribution in [0.3, 0.4) is 0 Å². The second-order valence-electron chi connectivity index (χ2n) is 3.71. The maximum Gasteiger partial charge on any atom is 0.129 e. The average molecular weight is 216 g/mol. The van der Waals surface area contributed by atoms with E-state index >= 15 is 0 Å². The Labute approximate surface area is 93.7 Å². The van der Waals surface area contributed by atoms with Crippen molar-refractivity contribution in [2.75, 3.05) is 0 Å². The lowest BCUT2D eigenvalue weighted by Crippen LogP contribution is -2.47. The summed E-state index contributed by atoms with van der Waals surface area (Å²) in [5.74, 6) is -0.392. The molecule has 2 nitrogen and oxygen atoms in total. The van der Waals surface area contributed by atoms with E-state index in [1.165, 1.54) is 6.07 Å². The summed E-state index contributed by atoms with van der Waals surface area (Å²) in [5, 5.41) is 0. The standard InChI is InChI=1S/C13H13FN2/c14-12-9-5-4-8-11(12)13(15,16)10-6-2-1-3-7-10/h1-9H,15-16H2. The fraction of sp³-hybridized carbons (Fsp3) is 0.0769. The van der Waals surface area contributed by atoms with Gasteiger partial charge in [0.2, 0.25) is 0 Å². The van der Waals surface area contributed by atoms with Crippen LogP contribution in [0, 0.1) is 5.82 Å². The molecule has 0 fully saturated rings. The number of hydrogen-bond donors (Lipinski definition) is 2. The van der Waals surface area contributed by atoms with Crippen molar-refractivity contribution in [2.45, 2.75) is 5.66 Å². The lowest BCUT2D eigenvalue weighted by Gasteiger charge is -2.26. The fourth-order valence-corrected chi connectivity index (χ4v) is 1.67. The van der Waals surface area contributed by atoms with Crippen LogP contribution in [0.4, 0.5) is 4.39 Å². The molecular formula is C13H13FN2. The molecule has 0 saturated carbocycles. The molecule has 0 spiro atoms. The zero-order valence-electron chi connectivity index (χ0n) is 8.73. The molecule has 2 rings (SSSR count). The predicted octanol–water partition coefficient (Wildman–Crippen LogP) is 1.94. The van der Waals surface area contributed by atoms with Crippen molar-refractivity contribution in [1.29, 1.82) is 0 Å². The molecule has 82 valence electrons. The quantitative estimate of drug-likeness (QED) is 0.754. The van der Waals surface area contributed by atoms with Crippen molar-refractivity contribution in [1.82, 2.24) is 0 Å². The van der Waals surface area contributed by atoms with Crippen LogP contribution in [0.1, 0.15) is 11.1 Å². The van der Waals surface area contributed by atoms with E-state index in [1.807, 2.05) is 18.2 Å². The van der Waals surface area contributed by atoms with Crippen LogP contribution in [-0.4, -0.2) is 0 Å². The number of rotatable bonds is 2. The molecule has 3 heteroatoms. The summed E-state index contributed by atoms with van der Waals surface area (Å²) in [5.41, 5.74) is 11.7. The van der Waals surface area contributed by atoms with Crippen LogP contribution < -0.4 is 11.5 Å². The van der Waals surface area contributed by atoms with Crippen LogP contribution in [0.5, 0.6) is 0 Å².